The fourth-order valence-corrected chi connectivity index (χ4v) is 0.771. The molecule has 5 heteroatoms. The van der Waals surface area contributed by atoms with Crippen molar-refractivity contribution >= 4 is 0 Å². The van der Waals surface area contributed by atoms with E-state index in [2.05, 4.69) is 24.6 Å². The van der Waals surface area contributed by atoms with E-state index in [1.54, 1.807) is 0 Å². The van der Waals surface area contributed by atoms with Crippen molar-refractivity contribution < 1.29 is 10.3 Å². The van der Waals surface area contributed by atoms with E-state index >= 15 is 0 Å². The molecule has 0 aliphatic rings. The Morgan fingerprint density at radius 1 is 1.14 bits per heavy atom. The van der Waals surface area contributed by atoms with Crippen LogP contribution in [0.4, 0.5) is 0 Å². The van der Waals surface area contributed by atoms with Gasteiger partial charge in [-0.2, -0.15) is 0 Å². The van der Waals surface area contributed by atoms with E-state index in [-0.39, 0.29) is 0 Å². The third-order valence-electron chi connectivity index (χ3n) is 1.16. The molecule has 0 rings (SSSR count). The summed E-state index contributed by atoms with van der Waals surface area (Å²) < 4.78 is 0. The van der Waals surface area contributed by atoms with Gasteiger partial charge in [0.15, 0.2) is 0 Å². The summed E-state index contributed by atoms with van der Waals surface area (Å²) in [6, 6.07) is 0. The summed E-state index contributed by atoms with van der Waals surface area (Å²) in [6.07, 6.45) is 5.65. The van der Waals surface area contributed by atoms with E-state index in [0.717, 1.165) is 19.6 Å². The molecule has 0 aromatic heterocycles. The highest BCUT2D eigenvalue weighted by molar-refractivity contribution is 4.83. The molecule has 0 atom stereocenters. The van der Waals surface area contributed by atoms with Crippen LogP contribution >= 0.6 is 0 Å². The van der Waals surface area contributed by atoms with Crippen LogP contribution in [0.25, 0.3) is 0 Å². The first kappa shape index (κ1) is 14.9. The Morgan fingerprint density at radius 2 is 1.36 bits per heavy atom. The average molecular weight is 200 g/mol. The van der Waals surface area contributed by atoms with Crippen molar-refractivity contribution in [2.24, 2.45) is 0 Å². The lowest BCUT2D eigenvalue weighted by Gasteiger charge is -2.15. The molecular weight excluding hydrogens is 184 g/mol. The summed E-state index contributed by atoms with van der Waals surface area (Å²) >= 11 is 0. The van der Waals surface area contributed by atoms with Crippen LogP contribution in [0.1, 0.15) is 0 Å². The maximum atomic E-state index is 8.36. The first-order valence-corrected chi connectivity index (χ1v) is 3.96. The van der Waals surface area contributed by atoms with Gasteiger partial charge < -0.3 is 5.21 Å². The second-order valence-corrected chi connectivity index (χ2v) is 2.32. The lowest BCUT2D eigenvalue weighted by atomic mass is 10.4. The zero-order valence-corrected chi connectivity index (χ0v) is 8.13. The highest BCUT2D eigenvalue weighted by atomic mass is 16.9. The molecule has 0 saturated carbocycles. The molecule has 0 aromatic rings. The Labute approximate surface area is 83.8 Å². The molecule has 80 valence electrons. The molecule has 0 aromatic carbocycles. The summed E-state index contributed by atoms with van der Waals surface area (Å²) in [6.45, 7) is 13.7. The number of rotatable bonds is 6. The van der Waals surface area contributed by atoms with Gasteiger partial charge in [-0.3, -0.25) is 4.90 Å². The smallest absolute Gasteiger partial charge is 0.291 e. The normalized spacial score (nSPS) is 8.36. The van der Waals surface area contributed by atoms with Crippen molar-refractivity contribution in [3.05, 3.63) is 48.1 Å². The maximum absolute atomic E-state index is 8.36. The Hall–Kier alpha value is -1.62. The molecule has 0 aliphatic heterocycles. The minimum atomic E-state index is -1.50. The van der Waals surface area contributed by atoms with Gasteiger partial charge in [0.25, 0.3) is 5.09 Å². The van der Waals surface area contributed by atoms with Crippen LogP contribution in [0.15, 0.2) is 38.0 Å². The fourth-order valence-electron chi connectivity index (χ4n) is 0.771. The van der Waals surface area contributed by atoms with Gasteiger partial charge >= 0.3 is 0 Å². The first-order chi connectivity index (χ1) is 6.58. The molecule has 0 amide bonds. The molecule has 0 bridgehead atoms. The number of hydrogen-bond donors (Lipinski definition) is 1. The van der Waals surface area contributed by atoms with Crippen molar-refractivity contribution in [1.29, 1.82) is 0 Å². The van der Waals surface area contributed by atoms with E-state index in [1.165, 1.54) is 0 Å². The van der Waals surface area contributed by atoms with Crippen LogP contribution < -0.4 is 0 Å². The highest BCUT2D eigenvalue weighted by Gasteiger charge is 1.94. The van der Waals surface area contributed by atoms with Gasteiger partial charge in [0.2, 0.25) is 0 Å². The molecule has 0 fully saturated rings. The van der Waals surface area contributed by atoms with Gasteiger partial charge in [-0.05, 0) is 0 Å². The SMILES string of the molecule is C=CCN(CC=C)CC=C.O=[N+]([O-])O. The summed E-state index contributed by atoms with van der Waals surface area (Å²) in [7, 11) is 0. The summed E-state index contributed by atoms with van der Waals surface area (Å²) in [4.78, 5) is 10.5. The molecule has 0 saturated heterocycles. The summed E-state index contributed by atoms with van der Waals surface area (Å²) in [5.74, 6) is 0. The zero-order chi connectivity index (χ0) is 11.4. The average Bonchev–Trinajstić information content (AvgIpc) is 2.04. The molecular formula is C9H16N2O3. The molecule has 0 spiro atoms. The van der Waals surface area contributed by atoms with Crippen LogP contribution in [-0.4, -0.2) is 34.8 Å². The second kappa shape index (κ2) is 11.4. The first-order valence-electron chi connectivity index (χ1n) is 3.96. The minimum absolute atomic E-state index is 0.901. The summed E-state index contributed by atoms with van der Waals surface area (Å²) in [5, 5.41) is 13.6. The van der Waals surface area contributed by atoms with Crippen LogP contribution in [0, 0.1) is 10.1 Å². The zero-order valence-electron chi connectivity index (χ0n) is 8.13. The largest absolute Gasteiger partial charge is 0.328 e. The monoisotopic (exact) mass is 200 g/mol. The van der Waals surface area contributed by atoms with E-state index in [9.17, 15) is 0 Å². The van der Waals surface area contributed by atoms with Gasteiger partial charge in [0.1, 0.15) is 0 Å². The van der Waals surface area contributed by atoms with Crippen molar-refractivity contribution in [3.63, 3.8) is 0 Å². The standard InChI is InChI=1S/C9H15N.HNO3/c1-4-7-10(8-5-2)9-6-3;2-1(3)4/h4-6H,1-3,7-9H2;(H,2,3,4). The highest BCUT2D eigenvalue weighted by Crippen LogP contribution is 1.88. The van der Waals surface area contributed by atoms with E-state index in [0.29, 0.717) is 0 Å². The molecule has 14 heavy (non-hydrogen) atoms. The third-order valence-corrected chi connectivity index (χ3v) is 1.16. The van der Waals surface area contributed by atoms with Crippen molar-refractivity contribution in [2.75, 3.05) is 19.6 Å². The molecule has 0 unspecified atom stereocenters. The predicted molar refractivity (Wildman–Crippen MR) is 55.8 cm³/mol. The second-order valence-electron chi connectivity index (χ2n) is 2.32. The Morgan fingerprint density at radius 3 is 1.50 bits per heavy atom. The van der Waals surface area contributed by atoms with Crippen LogP contribution in [0.3, 0.4) is 0 Å². The van der Waals surface area contributed by atoms with Gasteiger partial charge in [-0.25, -0.2) is 0 Å². The molecule has 1 N–H and O–H groups in total. The van der Waals surface area contributed by atoms with E-state index < -0.39 is 5.09 Å². The Balaban J connectivity index is 0. The lowest BCUT2D eigenvalue weighted by molar-refractivity contribution is -0.742. The topological polar surface area (TPSA) is 66.6 Å². The quantitative estimate of drug-likeness (QED) is 0.401. The van der Waals surface area contributed by atoms with E-state index in [4.69, 9.17) is 15.3 Å². The minimum Gasteiger partial charge on any atom is -0.328 e. The van der Waals surface area contributed by atoms with Gasteiger partial charge in [-0.1, -0.05) is 18.2 Å². The lowest BCUT2D eigenvalue weighted by Crippen LogP contribution is -2.23. The van der Waals surface area contributed by atoms with Crippen LogP contribution in [0.2, 0.25) is 0 Å². The molecule has 0 aliphatic carbocycles. The van der Waals surface area contributed by atoms with Gasteiger partial charge in [-0.15, -0.1) is 29.9 Å². The molecule has 5 nitrogen and oxygen atoms in total. The number of hydrogen-bond acceptors (Lipinski definition) is 3. The van der Waals surface area contributed by atoms with Crippen molar-refractivity contribution in [3.8, 4) is 0 Å². The van der Waals surface area contributed by atoms with Crippen LogP contribution in [-0.2, 0) is 0 Å². The number of nitrogens with zero attached hydrogens (tertiary/aromatic N) is 2. The summed E-state index contributed by atoms with van der Waals surface area (Å²) in [5.41, 5.74) is 0. The van der Waals surface area contributed by atoms with Gasteiger partial charge in [0.05, 0.1) is 0 Å². The Kier molecular flexibility index (Phi) is 12.1. The van der Waals surface area contributed by atoms with Gasteiger partial charge in [0, 0.05) is 19.6 Å². The molecule has 0 heterocycles. The molecule has 0 radical (unpaired) electrons. The van der Waals surface area contributed by atoms with E-state index in [1.807, 2.05) is 18.2 Å². The van der Waals surface area contributed by atoms with Crippen LogP contribution in [0.5, 0.6) is 0 Å². The fraction of sp³-hybridized carbons (Fsp3) is 0.333. The predicted octanol–water partition coefficient (Wildman–Crippen LogP) is 1.50. The van der Waals surface area contributed by atoms with Crippen molar-refractivity contribution in [1.82, 2.24) is 4.90 Å². The Bertz CT molecular complexity index is 165. The third kappa shape index (κ3) is 16.8. The maximum Gasteiger partial charge on any atom is 0.291 e. The van der Waals surface area contributed by atoms with Crippen molar-refractivity contribution in [2.45, 2.75) is 0 Å².